The summed E-state index contributed by atoms with van der Waals surface area (Å²) in [6.45, 7) is 18.0. The predicted molar refractivity (Wildman–Crippen MR) is 87.9 cm³/mol. The van der Waals surface area contributed by atoms with Gasteiger partial charge in [0.05, 0.1) is 11.2 Å². The van der Waals surface area contributed by atoms with Crippen molar-refractivity contribution in [1.82, 2.24) is 0 Å². The van der Waals surface area contributed by atoms with Gasteiger partial charge in [-0.25, -0.2) is 0 Å². The summed E-state index contributed by atoms with van der Waals surface area (Å²) in [6, 6.07) is 0. The second kappa shape index (κ2) is 18.8. The molecule has 4 N–H and O–H groups in total. The molecule has 0 aromatic heterocycles. The molecular weight excluding hydrogens is 347 g/mol. The van der Waals surface area contributed by atoms with E-state index in [2.05, 4.69) is 0 Å². The van der Waals surface area contributed by atoms with Crippen LogP contribution in [-0.2, 0) is 26.2 Å². The van der Waals surface area contributed by atoms with Crippen molar-refractivity contribution in [2.45, 2.75) is 105 Å². The minimum absolute atomic E-state index is 0. The summed E-state index contributed by atoms with van der Waals surface area (Å²) < 4.78 is 0. The van der Waals surface area contributed by atoms with Gasteiger partial charge in [0.2, 0.25) is 0 Å². The smallest absolute Gasteiger partial charge is 0.0589 e. The van der Waals surface area contributed by atoms with Gasteiger partial charge in [0, 0.05) is 38.4 Å². The molecule has 0 heterocycles. The molecule has 0 unspecified atom stereocenters. The molecule has 0 radical (unpaired) electrons. The van der Waals surface area contributed by atoms with Gasteiger partial charge in [0.15, 0.2) is 0 Å². The Balaban J connectivity index is -0.0000000544. The second-order valence-electron chi connectivity index (χ2n) is 6.52. The summed E-state index contributed by atoms with van der Waals surface area (Å²) in [5, 5.41) is 33.8. The second-order valence-corrected chi connectivity index (χ2v) is 6.52. The third kappa shape index (κ3) is 161. The van der Waals surface area contributed by atoms with Gasteiger partial charge in [-0.05, 0) is 68.2 Å². The van der Waals surface area contributed by atoms with E-state index >= 15 is 0 Å². The van der Waals surface area contributed by atoms with Gasteiger partial charge in [0.1, 0.15) is 0 Å². The third-order valence-electron chi connectivity index (χ3n) is 1.73. The van der Waals surface area contributed by atoms with E-state index in [4.69, 9.17) is 20.4 Å². The summed E-state index contributed by atoms with van der Waals surface area (Å²) in [5.41, 5.74) is -0.917. The first-order valence-electron chi connectivity index (χ1n) is 7.39. The van der Waals surface area contributed by atoms with Crippen LogP contribution in [0.25, 0.3) is 0 Å². The van der Waals surface area contributed by atoms with Gasteiger partial charge in [0.25, 0.3) is 0 Å². The maximum Gasteiger partial charge on any atom is 0.0589 e. The summed E-state index contributed by atoms with van der Waals surface area (Å²) in [7, 11) is 0. The number of rotatable bonds is 2. The normalized spacial score (nSPS) is 10.3. The fraction of sp³-hybridized carbons (Fsp3) is 1.00. The van der Waals surface area contributed by atoms with Gasteiger partial charge in [-0.2, -0.15) is 0 Å². The maximum absolute atomic E-state index is 8.83. The largest absolute Gasteiger partial charge is 0.394 e. The molecule has 0 atom stereocenters. The molecule has 0 aliphatic rings. The van der Waals surface area contributed by atoms with Crippen molar-refractivity contribution in [2.75, 3.05) is 0 Å². The van der Waals surface area contributed by atoms with Gasteiger partial charge in [-0.15, -0.1) is 0 Å². The Bertz CT molecular complexity index is 145. The van der Waals surface area contributed by atoms with Gasteiger partial charge < -0.3 is 20.4 Å². The van der Waals surface area contributed by atoms with E-state index in [9.17, 15) is 0 Å². The van der Waals surface area contributed by atoms with E-state index in [-0.39, 0.29) is 38.4 Å². The number of hydrogen-bond acceptors (Lipinski definition) is 4. The topological polar surface area (TPSA) is 80.9 Å². The molecule has 5 heteroatoms. The zero-order chi connectivity index (χ0) is 17.6. The van der Waals surface area contributed by atoms with Gasteiger partial charge in [-0.1, -0.05) is 13.8 Å². The predicted octanol–water partition coefficient (Wildman–Crippen LogP) is 3.11. The SMILES string of the molecule is CC(C)O.CC(C)O.CCC(C)(C)O.CCC(C)(C)O.[Zr]. The Labute approximate surface area is 152 Å². The summed E-state index contributed by atoms with van der Waals surface area (Å²) >= 11 is 0. The number of aliphatic hydroxyl groups is 4. The molecule has 0 amide bonds. The Morgan fingerprint density at radius 3 is 0.714 bits per heavy atom. The van der Waals surface area contributed by atoms with E-state index in [0.717, 1.165) is 12.8 Å². The van der Waals surface area contributed by atoms with E-state index in [0.29, 0.717) is 0 Å². The Morgan fingerprint density at radius 2 is 0.714 bits per heavy atom. The molecule has 0 fully saturated rings. The van der Waals surface area contributed by atoms with E-state index in [1.165, 1.54) is 0 Å². The molecule has 21 heavy (non-hydrogen) atoms. The first-order chi connectivity index (χ1) is 8.59. The maximum atomic E-state index is 8.83. The molecule has 0 saturated heterocycles. The molecule has 4 nitrogen and oxygen atoms in total. The van der Waals surface area contributed by atoms with Crippen molar-refractivity contribution >= 4 is 0 Å². The number of aliphatic hydroxyl groups excluding tert-OH is 2. The average Bonchev–Trinajstić information content (AvgIpc) is 2.14. The van der Waals surface area contributed by atoms with Gasteiger partial charge in [-0.3, -0.25) is 0 Å². The van der Waals surface area contributed by atoms with Crippen molar-refractivity contribution in [3.8, 4) is 0 Å². The molecule has 0 aromatic rings. The van der Waals surface area contributed by atoms with Crippen LogP contribution in [0.15, 0.2) is 0 Å². The molecule has 132 valence electrons. The molecule has 0 aliphatic carbocycles. The first-order valence-corrected chi connectivity index (χ1v) is 7.39. The molecule has 0 aromatic carbocycles. The Hall–Kier alpha value is 0.723. The fourth-order valence-corrected chi connectivity index (χ4v) is 0. The van der Waals surface area contributed by atoms with Crippen LogP contribution in [0.4, 0.5) is 0 Å². The minimum atomic E-state index is -0.458. The van der Waals surface area contributed by atoms with Crippen LogP contribution >= 0.6 is 0 Å². The van der Waals surface area contributed by atoms with Crippen LogP contribution < -0.4 is 0 Å². The molecule has 0 rings (SSSR count). The average molecular weight is 388 g/mol. The van der Waals surface area contributed by atoms with Crippen LogP contribution in [0.3, 0.4) is 0 Å². The van der Waals surface area contributed by atoms with Gasteiger partial charge >= 0.3 is 0 Å². The Kier molecular flexibility index (Phi) is 29.8. The Morgan fingerprint density at radius 1 is 0.667 bits per heavy atom. The first kappa shape index (κ1) is 33.4. The standard InChI is InChI=1S/2C5H12O.2C3H8O.Zr/c2*1-4-5(2,3)6;2*1-3(2)4;/h2*6H,4H2,1-3H3;2*3-4H,1-2H3;. The molecule has 0 saturated carbocycles. The molecule has 0 aliphatic heterocycles. The fourth-order valence-electron chi connectivity index (χ4n) is 0. The minimum Gasteiger partial charge on any atom is -0.394 e. The van der Waals surface area contributed by atoms with Crippen molar-refractivity contribution in [1.29, 1.82) is 0 Å². The summed E-state index contributed by atoms with van der Waals surface area (Å²) in [4.78, 5) is 0. The van der Waals surface area contributed by atoms with Crippen LogP contribution in [-0.4, -0.2) is 43.8 Å². The van der Waals surface area contributed by atoms with Crippen molar-refractivity contribution < 1.29 is 46.6 Å². The molecule has 0 spiro atoms. The number of hydrogen-bond donors (Lipinski definition) is 4. The quantitative estimate of drug-likeness (QED) is 0.587. The summed E-state index contributed by atoms with van der Waals surface area (Å²) in [5.74, 6) is 0. The summed E-state index contributed by atoms with van der Waals surface area (Å²) in [6.07, 6.45) is 1.32. The monoisotopic (exact) mass is 386 g/mol. The van der Waals surface area contributed by atoms with E-state index in [1.807, 2.05) is 13.8 Å². The van der Waals surface area contributed by atoms with Crippen LogP contribution in [0.2, 0.25) is 0 Å². The van der Waals surface area contributed by atoms with Crippen molar-refractivity contribution in [3.05, 3.63) is 0 Å². The van der Waals surface area contributed by atoms with Crippen molar-refractivity contribution in [3.63, 3.8) is 0 Å². The van der Waals surface area contributed by atoms with Crippen LogP contribution in [0.5, 0.6) is 0 Å². The van der Waals surface area contributed by atoms with E-state index < -0.39 is 11.2 Å². The molecule has 0 bridgehead atoms. The van der Waals surface area contributed by atoms with Crippen LogP contribution in [0.1, 0.15) is 82.1 Å². The van der Waals surface area contributed by atoms with Crippen molar-refractivity contribution in [2.24, 2.45) is 0 Å². The molecular formula is C16H40O4Zr. The zero-order valence-electron chi connectivity index (χ0n) is 15.9. The van der Waals surface area contributed by atoms with E-state index in [1.54, 1.807) is 55.4 Å². The zero-order valence-corrected chi connectivity index (χ0v) is 18.3. The van der Waals surface area contributed by atoms with Crippen LogP contribution in [0, 0.1) is 0 Å². The third-order valence-corrected chi connectivity index (χ3v) is 1.73.